The maximum absolute atomic E-state index is 12.8. The molecule has 2 fully saturated rings. The van der Waals surface area contributed by atoms with Crippen molar-refractivity contribution in [2.45, 2.75) is 57.9 Å². The summed E-state index contributed by atoms with van der Waals surface area (Å²) in [4.78, 5) is 56.4. The predicted octanol–water partition coefficient (Wildman–Crippen LogP) is 0.308. The quantitative estimate of drug-likeness (QED) is 0.786. The van der Waals surface area contributed by atoms with Crippen LogP contribution in [0.2, 0.25) is 0 Å². The predicted molar refractivity (Wildman–Crippen MR) is 95.9 cm³/mol. The number of H-pyrrole nitrogens is 2. The zero-order valence-corrected chi connectivity index (χ0v) is 15.2. The molecule has 1 aromatic heterocycles. The number of nitrogens with zero attached hydrogens (tertiary/aromatic N) is 2. The Labute approximate surface area is 151 Å². The molecule has 142 valence electrons. The number of amides is 2. The van der Waals surface area contributed by atoms with E-state index in [0.717, 1.165) is 38.6 Å². The number of aromatic amines is 2. The van der Waals surface area contributed by atoms with Gasteiger partial charge in [-0.2, -0.15) is 0 Å². The number of aryl methyl sites for hydroxylation is 1. The lowest BCUT2D eigenvalue weighted by molar-refractivity contribution is -0.134. The first-order valence-corrected chi connectivity index (χ1v) is 9.35. The molecule has 0 aromatic carbocycles. The second-order valence-electron chi connectivity index (χ2n) is 7.20. The first kappa shape index (κ1) is 18.4. The lowest BCUT2D eigenvalue weighted by Crippen LogP contribution is -2.46. The number of likely N-dealkylation sites (tertiary alicyclic amines) is 2. The van der Waals surface area contributed by atoms with Crippen LogP contribution in [-0.4, -0.2) is 57.3 Å². The fraction of sp³-hybridized carbons (Fsp3) is 0.667. The van der Waals surface area contributed by atoms with Gasteiger partial charge < -0.3 is 14.8 Å². The summed E-state index contributed by atoms with van der Waals surface area (Å²) in [6.07, 6.45) is 5.25. The van der Waals surface area contributed by atoms with Crippen LogP contribution in [0.25, 0.3) is 0 Å². The third-order valence-electron chi connectivity index (χ3n) is 5.43. The third-order valence-corrected chi connectivity index (χ3v) is 5.43. The summed E-state index contributed by atoms with van der Waals surface area (Å²) in [6.45, 7) is 3.81. The van der Waals surface area contributed by atoms with Crippen LogP contribution in [0, 0.1) is 6.92 Å². The van der Waals surface area contributed by atoms with E-state index >= 15 is 0 Å². The molecule has 2 aliphatic rings. The molecule has 2 aliphatic heterocycles. The molecule has 8 nitrogen and oxygen atoms in total. The van der Waals surface area contributed by atoms with Crippen LogP contribution in [0.5, 0.6) is 0 Å². The average molecular weight is 362 g/mol. The monoisotopic (exact) mass is 362 g/mol. The minimum absolute atomic E-state index is 0.0168. The molecule has 1 aromatic rings. The summed E-state index contributed by atoms with van der Waals surface area (Å²) >= 11 is 0. The Bertz CT molecular complexity index is 797. The second-order valence-corrected chi connectivity index (χ2v) is 7.20. The van der Waals surface area contributed by atoms with E-state index in [1.807, 2.05) is 9.80 Å². The number of carbonyl (C=O) groups is 2. The highest BCUT2D eigenvalue weighted by Gasteiger charge is 2.29. The van der Waals surface area contributed by atoms with E-state index < -0.39 is 11.2 Å². The van der Waals surface area contributed by atoms with Crippen molar-refractivity contribution in [3.63, 3.8) is 0 Å². The minimum Gasteiger partial charge on any atom is -0.343 e. The molecule has 8 heteroatoms. The fourth-order valence-electron chi connectivity index (χ4n) is 3.97. The maximum atomic E-state index is 12.8. The lowest BCUT2D eigenvalue weighted by atomic mass is 9.98. The van der Waals surface area contributed by atoms with Gasteiger partial charge in [0.05, 0.1) is 6.42 Å². The summed E-state index contributed by atoms with van der Waals surface area (Å²) < 4.78 is 0. The molecule has 0 saturated carbocycles. The van der Waals surface area contributed by atoms with Crippen LogP contribution >= 0.6 is 0 Å². The van der Waals surface area contributed by atoms with Gasteiger partial charge in [-0.25, -0.2) is 4.79 Å². The lowest BCUT2D eigenvalue weighted by Gasteiger charge is -2.36. The molecule has 3 heterocycles. The van der Waals surface area contributed by atoms with Crippen LogP contribution in [0.4, 0.5) is 0 Å². The van der Waals surface area contributed by atoms with Crippen molar-refractivity contribution in [3.05, 3.63) is 32.1 Å². The van der Waals surface area contributed by atoms with Gasteiger partial charge in [0.15, 0.2) is 0 Å². The summed E-state index contributed by atoms with van der Waals surface area (Å²) in [5, 5.41) is 0. The molecule has 2 N–H and O–H groups in total. The fourth-order valence-corrected chi connectivity index (χ4v) is 3.97. The Balaban J connectivity index is 1.67. The van der Waals surface area contributed by atoms with Crippen molar-refractivity contribution < 1.29 is 9.59 Å². The van der Waals surface area contributed by atoms with Gasteiger partial charge in [0.1, 0.15) is 0 Å². The van der Waals surface area contributed by atoms with Gasteiger partial charge in [-0.15, -0.1) is 0 Å². The number of rotatable bonds is 5. The molecule has 0 radical (unpaired) electrons. The Kier molecular flexibility index (Phi) is 5.58. The average Bonchev–Trinajstić information content (AvgIpc) is 3.01. The van der Waals surface area contributed by atoms with E-state index in [2.05, 4.69) is 9.97 Å². The molecule has 2 saturated heterocycles. The van der Waals surface area contributed by atoms with Gasteiger partial charge in [0, 0.05) is 43.4 Å². The Hall–Kier alpha value is -2.38. The molecule has 2 amide bonds. The molecule has 0 aliphatic carbocycles. The molecule has 0 spiro atoms. The molecule has 0 bridgehead atoms. The summed E-state index contributed by atoms with van der Waals surface area (Å²) in [5.41, 5.74) is -0.317. The zero-order chi connectivity index (χ0) is 18.7. The van der Waals surface area contributed by atoms with E-state index in [1.165, 1.54) is 0 Å². The minimum atomic E-state index is -0.560. The van der Waals surface area contributed by atoms with Crippen molar-refractivity contribution in [3.8, 4) is 0 Å². The third kappa shape index (κ3) is 4.05. The molecule has 1 atom stereocenters. The van der Waals surface area contributed by atoms with Gasteiger partial charge in [-0.05, 0) is 39.0 Å². The van der Waals surface area contributed by atoms with Crippen LogP contribution < -0.4 is 11.2 Å². The van der Waals surface area contributed by atoms with Crippen molar-refractivity contribution in [1.29, 1.82) is 0 Å². The largest absolute Gasteiger partial charge is 0.343 e. The maximum Gasteiger partial charge on any atom is 0.325 e. The van der Waals surface area contributed by atoms with Crippen molar-refractivity contribution in [2.24, 2.45) is 0 Å². The highest BCUT2D eigenvalue weighted by Crippen LogP contribution is 2.22. The van der Waals surface area contributed by atoms with E-state index in [-0.39, 0.29) is 24.3 Å². The van der Waals surface area contributed by atoms with E-state index in [9.17, 15) is 19.2 Å². The van der Waals surface area contributed by atoms with Gasteiger partial charge in [-0.3, -0.25) is 19.4 Å². The van der Waals surface area contributed by atoms with Crippen molar-refractivity contribution in [1.82, 2.24) is 19.8 Å². The molecule has 26 heavy (non-hydrogen) atoms. The summed E-state index contributed by atoms with van der Waals surface area (Å²) in [6, 6.07) is 0.104. The molecular formula is C18H26N4O4. The van der Waals surface area contributed by atoms with E-state index in [0.29, 0.717) is 30.8 Å². The number of piperidine rings is 1. The first-order valence-electron chi connectivity index (χ1n) is 9.35. The number of hydrogen-bond acceptors (Lipinski definition) is 4. The van der Waals surface area contributed by atoms with Crippen molar-refractivity contribution in [2.75, 3.05) is 19.6 Å². The van der Waals surface area contributed by atoms with Gasteiger partial charge in [-0.1, -0.05) is 0 Å². The van der Waals surface area contributed by atoms with E-state index in [4.69, 9.17) is 0 Å². The van der Waals surface area contributed by atoms with Crippen LogP contribution in [0.1, 0.15) is 49.8 Å². The van der Waals surface area contributed by atoms with E-state index in [1.54, 1.807) is 6.92 Å². The number of nitrogens with one attached hydrogen (secondary N) is 2. The van der Waals surface area contributed by atoms with Gasteiger partial charge in [0.25, 0.3) is 5.56 Å². The number of carbonyl (C=O) groups excluding carboxylic acids is 2. The van der Waals surface area contributed by atoms with Crippen molar-refractivity contribution >= 4 is 11.8 Å². The van der Waals surface area contributed by atoms with Crippen LogP contribution in [-0.2, 0) is 16.0 Å². The smallest absolute Gasteiger partial charge is 0.325 e. The highest BCUT2D eigenvalue weighted by molar-refractivity contribution is 5.79. The highest BCUT2D eigenvalue weighted by atomic mass is 16.2. The van der Waals surface area contributed by atoms with Gasteiger partial charge >= 0.3 is 5.69 Å². The van der Waals surface area contributed by atoms with Crippen LogP contribution in [0.3, 0.4) is 0 Å². The Morgan fingerprint density at radius 2 is 1.92 bits per heavy atom. The number of hydrogen-bond donors (Lipinski definition) is 2. The Morgan fingerprint density at radius 1 is 1.12 bits per heavy atom. The summed E-state index contributed by atoms with van der Waals surface area (Å²) in [7, 11) is 0. The standard InChI is InChI=1S/C18H26N4O4/c1-12-14(17(25)20-18(26)19-12)11-16(24)22-9-3-2-5-13(22)7-10-21-8-4-6-15(21)23/h13H,2-11H2,1H3,(H2,19,20,25,26)/t13-/m0/s1. The van der Waals surface area contributed by atoms with Gasteiger partial charge in [0.2, 0.25) is 11.8 Å². The normalized spacial score (nSPS) is 20.7. The molecule has 0 unspecified atom stereocenters. The zero-order valence-electron chi connectivity index (χ0n) is 15.2. The second kappa shape index (κ2) is 7.88. The molecular weight excluding hydrogens is 336 g/mol. The Morgan fingerprint density at radius 3 is 2.62 bits per heavy atom. The SMILES string of the molecule is Cc1[nH]c(=O)[nH]c(=O)c1CC(=O)N1CCCC[C@H]1CCN1CCCC1=O. The number of aromatic nitrogens is 2. The molecule has 3 rings (SSSR count). The van der Waals surface area contributed by atoms with Crippen LogP contribution in [0.15, 0.2) is 9.59 Å². The topological polar surface area (TPSA) is 106 Å². The first-order chi connectivity index (χ1) is 12.5. The summed E-state index contributed by atoms with van der Waals surface area (Å²) in [5.74, 6) is 0.109.